The fraction of sp³-hybridized carbons (Fsp3) is 0. The highest BCUT2D eigenvalue weighted by Crippen LogP contribution is 2.19. The molecule has 0 saturated heterocycles. The summed E-state index contributed by atoms with van der Waals surface area (Å²) >= 11 is 0. The van der Waals surface area contributed by atoms with Gasteiger partial charge in [-0.15, -0.1) is 0 Å². The fourth-order valence-electron chi connectivity index (χ4n) is 1.92. The average molecular weight is 254 g/mol. The summed E-state index contributed by atoms with van der Waals surface area (Å²) in [5.74, 6) is -0.309. The highest BCUT2D eigenvalue weighted by atomic mass is 16.2. The number of carbonyl (C=O) groups is 1. The number of aromatic amines is 1. The van der Waals surface area contributed by atoms with E-state index in [1.807, 2.05) is 0 Å². The van der Waals surface area contributed by atoms with Crippen LogP contribution in [0.5, 0.6) is 0 Å². The van der Waals surface area contributed by atoms with Gasteiger partial charge in [-0.2, -0.15) is 0 Å². The largest absolute Gasteiger partial charge is 0.399 e. The van der Waals surface area contributed by atoms with Crippen molar-refractivity contribution in [1.29, 1.82) is 0 Å². The highest BCUT2D eigenvalue weighted by Gasteiger charge is 2.12. The van der Waals surface area contributed by atoms with Crippen molar-refractivity contribution in [2.24, 2.45) is 0 Å². The molecular formula is C13H10N4O2. The van der Waals surface area contributed by atoms with Gasteiger partial charge < -0.3 is 10.7 Å². The van der Waals surface area contributed by atoms with Crippen LogP contribution in [0, 0.1) is 0 Å². The molecule has 3 aromatic rings. The molecule has 2 aromatic heterocycles. The van der Waals surface area contributed by atoms with E-state index in [1.54, 1.807) is 30.5 Å². The summed E-state index contributed by atoms with van der Waals surface area (Å²) in [6.07, 6.45) is 4.03. The second-order valence-electron chi connectivity index (χ2n) is 4.11. The molecule has 6 nitrogen and oxygen atoms in total. The van der Waals surface area contributed by atoms with E-state index in [2.05, 4.69) is 9.97 Å². The van der Waals surface area contributed by atoms with E-state index < -0.39 is 0 Å². The van der Waals surface area contributed by atoms with Crippen molar-refractivity contribution in [2.45, 2.75) is 0 Å². The van der Waals surface area contributed by atoms with Gasteiger partial charge in [0, 0.05) is 23.5 Å². The number of anilines is 1. The Labute approximate surface area is 107 Å². The molecule has 3 N–H and O–H groups in total. The van der Waals surface area contributed by atoms with Crippen LogP contribution in [-0.4, -0.2) is 20.4 Å². The molecule has 3 rings (SSSR count). The maximum absolute atomic E-state index is 12.3. The molecule has 0 aliphatic heterocycles. The minimum Gasteiger partial charge on any atom is -0.399 e. The van der Waals surface area contributed by atoms with Gasteiger partial charge in [0.1, 0.15) is 5.69 Å². The third-order valence-corrected chi connectivity index (χ3v) is 2.82. The molecule has 19 heavy (non-hydrogen) atoms. The van der Waals surface area contributed by atoms with Gasteiger partial charge in [0.05, 0.1) is 11.7 Å². The van der Waals surface area contributed by atoms with Crippen molar-refractivity contribution in [2.75, 3.05) is 5.73 Å². The first kappa shape index (κ1) is 11.2. The molecule has 0 saturated carbocycles. The number of rotatable bonds is 1. The van der Waals surface area contributed by atoms with Crippen molar-refractivity contribution < 1.29 is 4.79 Å². The van der Waals surface area contributed by atoms with Crippen LogP contribution >= 0.6 is 0 Å². The van der Waals surface area contributed by atoms with E-state index in [0.717, 1.165) is 17.1 Å². The molecule has 0 bridgehead atoms. The Morgan fingerprint density at radius 1 is 1.32 bits per heavy atom. The summed E-state index contributed by atoms with van der Waals surface area (Å²) in [6.45, 7) is 0. The molecule has 0 radical (unpaired) electrons. The number of nitrogens with zero attached hydrogens (tertiary/aromatic N) is 2. The predicted octanol–water partition coefficient (Wildman–Crippen LogP) is 0.995. The monoisotopic (exact) mass is 254 g/mol. The van der Waals surface area contributed by atoms with Crippen molar-refractivity contribution in [3.8, 4) is 0 Å². The van der Waals surface area contributed by atoms with Crippen LogP contribution in [0.4, 0.5) is 5.69 Å². The molecule has 94 valence electrons. The van der Waals surface area contributed by atoms with Crippen LogP contribution < -0.4 is 11.3 Å². The van der Waals surface area contributed by atoms with Crippen LogP contribution in [0.1, 0.15) is 10.5 Å². The predicted molar refractivity (Wildman–Crippen MR) is 70.9 cm³/mol. The van der Waals surface area contributed by atoms with Gasteiger partial charge in [0.25, 0.3) is 11.5 Å². The molecule has 0 aliphatic rings. The minimum absolute atomic E-state index is 0.175. The van der Waals surface area contributed by atoms with E-state index in [9.17, 15) is 9.59 Å². The molecule has 2 heterocycles. The van der Waals surface area contributed by atoms with Gasteiger partial charge in [-0.1, -0.05) is 0 Å². The number of benzene rings is 1. The number of hydrogen-bond donors (Lipinski definition) is 2. The molecule has 0 atom stereocenters. The van der Waals surface area contributed by atoms with Crippen molar-refractivity contribution in [3.63, 3.8) is 0 Å². The lowest BCUT2D eigenvalue weighted by molar-refractivity contribution is 0.0959. The van der Waals surface area contributed by atoms with Crippen molar-refractivity contribution >= 4 is 22.5 Å². The summed E-state index contributed by atoms with van der Waals surface area (Å²) < 4.78 is 1.47. The molecule has 6 heteroatoms. The zero-order valence-electron chi connectivity index (χ0n) is 9.83. The number of nitrogen functional groups attached to an aromatic ring is 1. The first-order chi connectivity index (χ1) is 9.15. The minimum atomic E-state index is -0.346. The third-order valence-electron chi connectivity index (χ3n) is 2.82. The van der Waals surface area contributed by atoms with Crippen LogP contribution in [-0.2, 0) is 0 Å². The maximum Gasteiger partial charge on any atom is 0.282 e. The summed E-state index contributed by atoms with van der Waals surface area (Å²) in [5, 5.41) is 0.873. The number of nitrogens with two attached hydrogens (primary N) is 1. The van der Waals surface area contributed by atoms with Gasteiger partial charge in [0.15, 0.2) is 0 Å². The first-order valence-corrected chi connectivity index (χ1v) is 5.61. The SMILES string of the molecule is Nc1ccc2c(ccn2C(=O)c2c[nH]c(=O)cn2)c1. The zero-order chi connectivity index (χ0) is 13.4. The van der Waals surface area contributed by atoms with E-state index in [4.69, 9.17) is 5.73 Å². The fourth-order valence-corrected chi connectivity index (χ4v) is 1.92. The quantitative estimate of drug-likeness (QED) is 0.633. The Balaban J connectivity index is 2.11. The van der Waals surface area contributed by atoms with Crippen molar-refractivity contribution in [1.82, 2.24) is 14.5 Å². The number of fused-ring (bicyclic) bond motifs is 1. The second kappa shape index (κ2) is 4.09. The number of H-pyrrole nitrogens is 1. The molecule has 0 aliphatic carbocycles. The number of nitrogens with one attached hydrogen (secondary N) is 1. The van der Waals surface area contributed by atoms with Crippen molar-refractivity contribution in [3.05, 3.63) is 58.9 Å². The zero-order valence-corrected chi connectivity index (χ0v) is 9.83. The Bertz CT molecular complexity index is 812. The van der Waals surface area contributed by atoms with Gasteiger partial charge in [-0.3, -0.25) is 14.2 Å². The smallest absolute Gasteiger partial charge is 0.282 e. The van der Waals surface area contributed by atoms with Gasteiger partial charge in [-0.05, 0) is 24.3 Å². The van der Waals surface area contributed by atoms with E-state index in [0.29, 0.717) is 5.69 Å². The topological polar surface area (TPSA) is 93.8 Å². The van der Waals surface area contributed by atoms with Crippen LogP contribution in [0.2, 0.25) is 0 Å². The molecule has 0 unspecified atom stereocenters. The summed E-state index contributed by atoms with van der Waals surface area (Å²) in [6, 6.07) is 7.09. The number of aromatic nitrogens is 3. The van der Waals surface area contributed by atoms with Crippen LogP contribution in [0.3, 0.4) is 0 Å². The second-order valence-corrected chi connectivity index (χ2v) is 4.11. The third kappa shape index (κ3) is 1.89. The standard InChI is InChI=1S/C13H10N4O2/c14-9-1-2-11-8(5-9)3-4-17(11)13(19)10-6-16-12(18)7-15-10/h1-7H,14H2,(H,16,18). The molecule has 1 aromatic carbocycles. The van der Waals surface area contributed by atoms with E-state index >= 15 is 0 Å². The highest BCUT2D eigenvalue weighted by molar-refractivity contribution is 6.01. The average Bonchev–Trinajstić information content (AvgIpc) is 2.81. The molecule has 0 fully saturated rings. The van der Waals surface area contributed by atoms with E-state index in [-0.39, 0.29) is 17.2 Å². The van der Waals surface area contributed by atoms with Crippen LogP contribution in [0.15, 0.2) is 47.7 Å². The summed E-state index contributed by atoms with van der Waals surface area (Å²) in [5.41, 5.74) is 6.90. The summed E-state index contributed by atoms with van der Waals surface area (Å²) in [4.78, 5) is 29.4. The maximum atomic E-state index is 12.3. The Hall–Kier alpha value is -2.89. The first-order valence-electron chi connectivity index (χ1n) is 5.61. The Morgan fingerprint density at radius 2 is 2.16 bits per heavy atom. The lowest BCUT2D eigenvalue weighted by atomic mass is 10.2. The number of carbonyl (C=O) groups excluding carboxylic acids is 1. The lowest BCUT2D eigenvalue weighted by Crippen LogP contribution is -2.16. The normalized spacial score (nSPS) is 10.7. The Kier molecular flexibility index (Phi) is 2.42. The van der Waals surface area contributed by atoms with E-state index in [1.165, 1.54) is 10.8 Å². The van der Waals surface area contributed by atoms with Gasteiger partial charge >= 0.3 is 0 Å². The van der Waals surface area contributed by atoms with Crippen LogP contribution in [0.25, 0.3) is 10.9 Å². The molecule has 0 spiro atoms. The molecule has 0 amide bonds. The van der Waals surface area contributed by atoms with Gasteiger partial charge in [0.2, 0.25) is 0 Å². The van der Waals surface area contributed by atoms with Gasteiger partial charge in [-0.25, -0.2) is 4.98 Å². The summed E-state index contributed by atoms with van der Waals surface area (Å²) in [7, 11) is 0. The lowest BCUT2D eigenvalue weighted by Gasteiger charge is -2.03. The molecular weight excluding hydrogens is 244 g/mol. The Morgan fingerprint density at radius 3 is 2.89 bits per heavy atom. The number of hydrogen-bond acceptors (Lipinski definition) is 4.